The van der Waals surface area contributed by atoms with Crippen LogP contribution in [0.25, 0.3) is 0 Å². The van der Waals surface area contributed by atoms with Crippen molar-refractivity contribution in [2.24, 2.45) is 10.8 Å². The van der Waals surface area contributed by atoms with Gasteiger partial charge in [0.2, 0.25) is 0 Å². The molecule has 3 nitrogen and oxygen atoms in total. The van der Waals surface area contributed by atoms with E-state index in [-0.39, 0.29) is 10.8 Å². The van der Waals surface area contributed by atoms with Gasteiger partial charge in [-0.3, -0.25) is 0 Å². The van der Waals surface area contributed by atoms with Gasteiger partial charge in [-0.05, 0) is 17.3 Å². The number of nitrogens with zero attached hydrogens (tertiary/aromatic N) is 3. The van der Waals surface area contributed by atoms with E-state index in [2.05, 4.69) is 56.5 Å². The summed E-state index contributed by atoms with van der Waals surface area (Å²) in [7, 11) is 0. The average Bonchev–Trinajstić information content (AvgIpc) is 2.13. The maximum Gasteiger partial charge on any atom is 0.135 e. The third kappa shape index (κ3) is 3.87. The molecule has 0 N–H and O–H groups in total. The molecule has 0 aromatic carbocycles. The predicted molar refractivity (Wildman–Crippen MR) is 66.1 cm³/mol. The first kappa shape index (κ1) is 13.1. The van der Waals surface area contributed by atoms with Crippen molar-refractivity contribution < 1.29 is 0 Å². The van der Waals surface area contributed by atoms with Crippen LogP contribution in [0.15, 0.2) is 12.7 Å². The second-order valence-corrected chi connectivity index (χ2v) is 6.68. The smallest absolute Gasteiger partial charge is 0.135 e. The lowest BCUT2D eigenvalue weighted by atomic mass is 9.72. The standard InChI is InChI=1S/C13H23N3/c1-12(2,3)7-10(13(4,5)6)11-15-8-14-9-16-11/h8-10H,7H2,1-6H3. The van der Waals surface area contributed by atoms with Crippen molar-refractivity contribution in [1.82, 2.24) is 15.0 Å². The first-order chi connectivity index (χ1) is 7.20. The van der Waals surface area contributed by atoms with Crippen LogP contribution in [0.2, 0.25) is 0 Å². The molecule has 0 fully saturated rings. The van der Waals surface area contributed by atoms with Crippen LogP contribution < -0.4 is 0 Å². The van der Waals surface area contributed by atoms with Crippen LogP contribution in [-0.2, 0) is 0 Å². The van der Waals surface area contributed by atoms with Crippen molar-refractivity contribution in [1.29, 1.82) is 0 Å². The first-order valence-corrected chi connectivity index (χ1v) is 5.82. The summed E-state index contributed by atoms with van der Waals surface area (Å²) in [6.45, 7) is 13.5. The normalized spacial score (nSPS) is 14.9. The van der Waals surface area contributed by atoms with E-state index in [1.54, 1.807) is 12.7 Å². The molecule has 0 amide bonds. The Labute approximate surface area is 98.7 Å². The lowest BCUT2D eigenvalue weighted by molar-refractivity contribution is 0.221. The van der Waals surface area contributed by atoms with Crippen molar-refractivity contribution >= 4 is 0 Å². The Morgan fingerprint density at radius 2 is 1.50 bits per heavy atom. The molecule has 3 heteroatoms. The van der Waals surface area contributed by atoms with Crippen molar-refractivity contribution in [3.05, 3.63) is 18.5 Å². The van der Waals surface area contributed by atoms with Gasteiger partial charge >= 0.3 is 0 Å². The summed E-state index contributed by atoms with van der Waals surface area (Å²) in [5, 5.41) is 0. The minimum atomic E-state index is 0.175. The summed E-state index contributed by atoms with van der Waals surface area (Å²) in [6, 6.07) is 0. The fourth-order valence-corrected chi connectivity index (χ4v) is 1.83. The van der Waals surface area contributed by atoms with Gasteiger partial charge in [-0.25, -0.2) is 15.0 Å². The Hall–Kier alpha value is -0.990. The number of aromatic nitrogens is 3. The van der Waals surface area contributed by atoms with Crippen molar-refractivity contribution in [3.8, 4) is 0 Å². The lowest BCUT2D eigenvalue weighted by Crippen LogP contribution is -2.25. The summed E-state index contributed by atoms with van der Waals surface area (Å²) in [4.78, 5) is 12.5. The van der Waals surface area contributed by atoms with Gasteiger partial charge in [-0.2, -0.15) is 0 Å². The molecule has 1 unspecified atom stereocenters. The molecule has 0 bridgehead atoms. The highest BCUT2D eigenvalue weighted by atomic mass is 15.0. The lowest BCUT2D eigenvalue weighted by Gasteiger charge is -2.34. The minimum Gasteiger partial charge on any atom is -0.225 e. The molecule has 90 valence electrons. The van der Waals surface area contributed by atoms with E-state index < -0.39 is 0 Å². The van der Waals surface area contributed by atoms with E-state index in [4.69, 9.17) is 0 Å². The fraction of sp³-hybridized carbons (Fsp3) is 0.769. The van der Waals surface area contributed by atoms with E-state index in [1.807, 2.05) is 0 Å². The second-order valence-electron chi connectivity index (χ2n) is 6.68. The molecule has 1 rings (SSSR count). The highest BCUT2D eigenvalue weighted by molar-refractivity contribution is 5.01. The number of hydrogen-bond acceptors (Lipinski definition) is 3. The summed E-state index contributed by atoms with van der Waals surface area (Å²) in [6.07, 6.45) is 4.26. The van der Waals surface area contributed by atoms with Crippen LogP contribution >= 0.6 is 0 Å². The van der Waals surface area contributed by atoms with Gasteiger partial charge in [0.05, 0.1) is 0 Å². The molecule has 0 saturated carbocycles. The topological polar surface area (TPSA) is 38.7 Å². The van der Waals surface area contributed by atoms with Gasteiger partial charge in [-0.1, -0.05) is 41.5 Å². The zero-order valence-electron chi connectivity index (χ0n) is 11.3. The van der Waals surface area contributed by atoms with Crippen LogP contribution in [-0.4, -0.2) is 15.0 Å². The summed E-state index contributed by atoms with van der Waals surface area (Å²) < 4.78 is 0. The monoisotopic (exact) mass is 221 g/mol. The van der Waals surface area contributed by atoms with Crippen molar-refractivity contribution in [2.45, 2.75) is 53.9 Å². The molecule has 1 aromatic heterocycles. The van der Waals surface area contributed by atoms with Crippen LogP contribution in [0.5, 0.6) is 0 Å². The molecule has 1 aromatic rings. The van der Waals surface area contributed by atoms with Crippen LogP contribution in [0.1, 0.15) is 59.7 Å². The molecule has 1 atom stereocenters. The molecule has 0 aliphatic heterocycles. The Morgan fingerprint density at radius 1 is 1.00 bits per heavy atom. The second kappa shape index (κ2) is 4.48. The van der Waals surface area contributed by atoms with E-state index in [9.17, 15) is 0 Å². The highest BCUT2D eigenvalue weighted by Crippen LogP contribution is 2.41. The molecule has 0 spiro atoms. The summed E-state index contributed by atoms with van der Waals surface area (Å²) in [5.74, 6) is 1.29. The van der Waals surface area contributed by atoms with Gasteiger partial charge in [0.15, 0.2) is 0 Å². The zero-order chi connectivity index (χ0) is 12.4. The van der Waals surface area contributed by atoms with Gasteiger partial charge in [0.25, 0.3) is 0 Å². The fourth-order valence-electron chi connectivity index (χ4n) is 1.83. The Bertz CT molecular complexity index is 319. The average molecular weight is 221 g/mol. The summed E-state index contributed by atoms with van der Waals surface area (Å²) in [5.41, 5.74) is 0.458. The highest BCUT2D eigenvalue weighted by Gasteiger charge is 2.32. The Kier molecular flexibility index (Phi) is 3.66. The molecule has 0 saturated heterocycles. The van der Waals surface area contributed by atoms with Gasteiger partial charge in [0.1, 0.15) is 18.5 Å². The zero-order valence-corrected chi connectivity index (χ0v) is 11.3. The predicted octanol–water partition coefficient (Wildman–Crippen LogP) is 3.44. The first-order valence-electron chi connectivity index (χ1n) is 5.82. The third-order valence-corrected chi connectivity index (χ3v) is 2.69. The van der Waals surface area contributed by atoms with E-state index in [0.717, 1.165) is 12.2 Å². The minimum absolute atomic E-state index is 0.175. The van der Waals surface area contributed by atoms with Gasteiger partial charge < -0.3 is 0 Å². The van der Waals surface area contributed by atoms with Crippen molar-refractivity contribution in [3.63, 3.8) is 0 Å². The molecule has 0 radical (unpaired) electrons. The molecular weight excluding hydrogens is 198 g/mol. The summed E-state index contributed by atoms with van der Waals surface area (Å²) >= 11 is 0. The molecule has 16 heavy (non-hydrogen) atoms. The van der Waals surface area contributed by atoms with E-state index in [1.165, 1.54) is 0 Å². The largest absolute Gasteiger partial charge is 0.225 e. The number of rotatable bonds is 2. The maximum atomic E-state index is 4.31. The Morgan fingerprint density at radius 3 is 1.88 bits per heavy atom. The van der Waals surface area contributed by atoms with Crippen LogP contribution in [0.3, 0.4) is 0 Å². The quantitative estimate of drug-likeness (QED) is 0.768. The van der Waals surface area contributed by atoms with Gasteiger partial charge in [0, 0.05) is 5.92 Å². The molecule has 0 aliphatic rings. The van der Waals surface area contributed by atoms with Crippen LogP contribution in [0, 0.1) is 10.8 Å². The molecule has 1 heterocycles. The SMILES string of the molecule is CC(C)(C)CC(c1ncncn1)C(C)(C)C. The van der Waals surface area contributed by atoms with Gasteiger partial charge in [-0.15, -0.1) is 0 Å². The third-order valence-electron chi connectivity index (χ3n) is 2.69. The Balaban J connectivity index is 2.98. The van der Waals surface area contributed by atoms with E-state index in [0.29, 0.717) is 5.92 Å². The van der Waals surface area contributed by atoms with Crippen molar-refractivity contribution in [2.75, 3.05) is 0 Å². The molecule has 0 aliphatic carbocycles. The maximum absolute atomic E-state index is 4.31. The number of hydrogen-bond donors (Lipinski definition) is 0. The van der Waals surface area contributed by atoms with E-state index >= 15 is 0 Å². The van der Waals surface area contributed by atoms with Crippen LogP contribution in [0.4, 0.5) is 0 Å². The molecular formula is C13H23N3.